The minimum absolute atomic E-state index is 0.0266. The molecule has 116 valence electrons. The van der Waals surface area contributed by atoms with Crippen LogP contribution < -0.4 is 11.1 Å². The van der Waals surface area contributed by atoms with Crippen molar-refractivity contribution in [1.82, 2.24) is 14.6 Å². The number of unbranched alkanes of at least 4 members (excludes halogenated alkanes) is 1. The third kappa shape index (κ3) is 3.73. The van der Waals surface area contributed by atoms with Crippen LogP contribution in [0.15, 0.2) is 18.5 Å². The minimum atomic E-state index is 0.0266. The Morgan fingerprint density at radius 3 is 2.76 bits per heavy atom. The molecule has 2 rings (SSSR count). The molecule has 1 unspecified atom stereocenters. The second kappa shape index (κ2) is 6.43. The van der Waals surface area contributed by atoms with Crippen molar-refractivity contribution < 1.29 is 0 Å². The van der Waals surface area contributed by atoms with E-state index in [2.05, 4.69) is 49.2 Å². The number of nitrogens with one attached hydrogen (secondary N) is 1. The lowest BCUT2D eigenvalue weighted by atomic mass is 9.92. The van der Waals surface area contributed by atoms with Crippen molar-refractivity contribution in [3.63, 3.8) is 0 Å². The van der Waals surface area contributed by atoms with Gasteiger partial charge in [-0.3, -0.25) is 0 Å². The van der Waals surface area contributed by atoms with Crippen LogP contribution in [0.25, 0.3) is 5.52 Å². The molecular weight excluding hydrogens is 262 g/mol. The van der Waals surface area contributed by atoms with Gasteiger partial charge in [-0.15, -0.1) is 0 Å². The lowest BCUT2D eigenvalue weighted by Gasteiger charge is -2.17. The van der Waals surface area contributed by atoms with Gasteiger partial charge in [-0.25, -0.2) is 9.50 Å². The fourth-order valence-corrected chi connectivity index (χ4v) is 2.29. The van der Waals surface area contributed by atoms with Gasteiger partial charge in [0.15, 0.2) is 5.82 Å². The van der Waals surface area contributed by atoms with Crippen molar-refractivity contribution in [3.05, 3.63) is 24.2 Å². The second-order valence-electron chi connectivity index (χ2n) is 6.60. The first kappa shape index (κ1) is 15.8. The molecule has 0 spiro atoms. The van der Waals surface area contributed by atoms with Gasteiger partial charge in [0, 0.05) is 30.4 Å². The largest absolute Gasteiger partial charge is 0.364 e. The van der Waals surface area contributed by atoms with Crippen LogP contribution in [-0.2, 0) is 5.41 Å². The Labute approximate surface area is 126 Å². The van der Waals surface area contributed by atoms with Gasteiger partial charge in [-0.2, -0.15) is 5.10 Å². The third-order valence-corrected chi connectivity index (χ3v) is 3.69. The Bertz CT molecular complexity index is 582. The Morgan fingerprint density at radius 1 is 1.38 bits per heavy atom. The van der Waals surface area contributed by atoms with Crippen LogP contribution in [0.5, 0.6) is 0 Å². The number of hydrogen-bond donors (Lipinski definition) is 2. The number of hydrogen-bond acceptors (Lipinski definition) is 4. The molecule has 0 radical (unpaired) electrons. The van der Waals surface area contributed by atoms with Crippen molar-refractivity contribution >= 4 is 11.3 Å². The lowest BCUT2D eigenvalue weighted by Crippen LogP contribution is -2.29. The second-order valence-corrected chi connectivity index (χ2v) is 6.60. The van der Waals surface area contributed by atoms with Crippen LogP contribution in [-0.4, -0.2) is 27.2 Å². The van der Waals surface area contributed by atoms with Gasteiger partial charge in [0.2, 0.25) is 0 Å². The van der Waals surface area contributed by atoms with E-state index in [-0.39, 0.29) is 11.5 Å². The molecule has 21 heavy (non-hydrogen) atoms. The number of nitrogens with two attached hydrogens (primary N) is 1. The van der Waals surface area contributed by atoms with E-state index in [0.717, 1.165) is 23.4 Å². The summed E-state index contributed by atoms with van der Waals surface area (Å²) < 4.78 is 1.89. The summed E-state index contributed by atoms with van der Waals surface area (Å²) in [5.41, 5.74) is 7.97. The van der Waals surface area contributed by atoms with E-state index >= 15 is 0 Å². The van der Waals surface area contributed by atoms with Crippen LogP contribution in [0.3, 0.4) is 0 Å². The zero-order valence-corrected chi connectivity index (χ0v) is 13.6. The molecule has 2 aromatic rings. The summed E-state index contributed by atoms with van der Waals surface area (Å²) in [6.45, 7) is 9.31. The Kier molecular flexibility index (Phi) is 4.83. The summed E-state index contributed by atoms with van der Waals surface area (Å²) in [6.07, 6.45) is 7.08. The molecule has 0 aliphatic rings. The Morgan fingerprint density at radius 2 is 2.14 bits per heavy atom. The average molecular weight is 289 g/mol. The number of fused-ring (bicyclic) bond motifs is 1. The van der Waals surface area contributed by atoms with Crippen molar-refractivity contribution in [2.75, 3.05) is 11.9 Å². The molecule has 0 aromatic carbocycles. The highest BCUT2D eigenvalue weighted by Crippen LogP contribution is 2.25. The third-order valence-electron chi connectivity index (χ3n) is 3.69. The molecule has 0 bridgehead atoms. The average Bonchev–Trinajstić information content (AvgIpc) is 2.88. The normalized spacial score (nSPS) is 13.6. The number of rotatable bonds is 6. The molecular formula is C16H27N5. The Balaban J connectivity index is 2.29. The van der Waals surface area contributed by atoms with E-state index in [9.17, 15) is 0 Å². The fourth-order valence-electron chi connectivity index (χ4n) is 2.29. The highest BCUT2D eigenvalue weighted by Gasteiger charge is 2.19. The smallest absolute Gasteiger partial charge is 0.152 e. The maximum Gasteiger partial charge on any atom is 0.152 e. The highest BCUT2D eigenvalue weighted by atomic mass is 15.2. The molecule has 2 aromatic heterocycles. The first-order valence-corrected chi connectivity index (χ1v) is 7.77. The number of nitrogens with zero attached hydrogens (tertiary/aromatic N) is 3. The van der Waals surface area contributed by atoms with Crippen LogP contribution in [0.4, 0.5) is 5.82 Å². The molecule has 5 nitrogen and oxygen atoms in total. The summed E-state index contributed by atoms with van der Waals surface area (Å²) in [7, 11) is 0. The Hall–Kier alpha value is -1.62. The summed E-state index contributed by atoms with van der Waals surface area (Å²) in [5, 5.41) is 8.12. The molecule has 0 fully saturated rings. The predicted octanol–water partition coefficient (Wildman–Crippen LogP) is 2.96. The lowest BCUT2D eigenvalue weighted by molar-refractivity contribution is 0.562. The first-order chi connectivity index (χ1) is 9.95. The monoisotopic (exact) mass is 289 g/mol. The van der Waals surface area contributed by atoms with Gasteiger partial charge in [-0.1, -0.05) is 40.5 Å². The molecule has 2 heterocycles. The molecule has 0 saturated carbocycles. The van der Waals surface area contributed by atoms with Crippen molar-refractivity contribution in [2.45, 2.75) is 58.4 Å². The van der Waals surface area contributed by atoms with Crippen LogP contribution in [0.1, 0.15) is 52.7 Å². The van der Waals surface area contributed by atoms with Crippen molar-refractivity contribution in [1.29, 1.82) is 0 Å². The van der Waals surface area contributed by atoms with Gasteiger partial charge in [-0.05, 0) is 12.5 Å². The molecule has 5 heteroatoms. The van der Waals surface area contributed by atoms with E-state index in [1.165, 1.54) is 12.8 Å². The van der Waals surface area contributed by atoms with E-state index in [1.807, 2.05) is 10.7 Å². The first-order valence-electron chi connectivity index (χ1n) is 7.77. The van der Waals surface area contributed by atoms with Gasteiger partial charge in [0.05, 0.1) is 5.69 Å². The zero-order valence-electron chi connectivity index (χ0n) is 13.6. The predicted molar refractivity (Wildman–Crippen MR) is 87.7 cm³/mol. The summed E-state index contributed by atoms with van der Waals surface area (Å²) in [4.78, 5) is 4.47. The summed E-state index contributed by atoms with van der Waals surface area (Å²) >= 11 is 0. The van der Waals surface area contributed by atoms with Gasteiger partial charge < -0.3 is 11.1 Å². The van der Waals surface area contributed by atoms with Gasteiger partial charge in [0.1, 0.15) is 5.52 Å². The highest BCUT2D eigenvalue weighted by molar-refractivity contribution is 5.68. The van der Waals surface area contributed by atoms with E-state index < -0.39 is 0 Å². The molecule has 0 aliphatic heterocycles. The quantitative estimate of drug-likeness (QED) is 0.858. The topological polar surface area (TPSA) is 68.2 Å². The van der Waals surface area contributed by atoms with Crippen LogP contribution in [0, 0.1) is 0 Å². The van der Waals surface area contributed by atoms with Gasteiger partial charge in [0.25, 0.3) is 0 Å². The van der Waals surface area contributed by atoms with E-state index in [4.69, 9.17) is 5.73 Å². The minimum Gasteiger partial charge on any atom is -0.364 e. The maximum absolute atomic E-state index is 5.87. The standard InChI is InChI=1S/C16H27N5/c1-5-6-7-12(11-17)19-15-13-10-14(16(2,3)4)20-21(13)9-8-18-15/h8-10,12H,5-7,11,17H2,1-4H3,(H,18,19). The van der Waals surface area contributed by atoms with Gasteiger partial charge >= 0.3 is 0 Å². The molecule has 1 atom stereocenters. The fraction of sp³-hybridized carbons (Fsp3) is 0.625. The van der Waals surface area contributed by atoms with Crippen LogP contribution >= 0.6 is 0 Å². The summed E-state index contributed by atoms with van der Waals surface area (Å²) in [5.74, 6) is 0.868. The number of anilines is 1. The maximum atomic E-state index is 5.87. The molecule has 0 saturated heterocycles. The molecule has 0 aliphatic carbocycles. The van der Waals surface area contributed by atoms with Crippen LogP contribution in [0.2, 0.25) is 0 Å². The van der Waals surface area contributed by atoms with E-state index in [0.29, 0.717) is 6.54 Å². The van der Waals surface area contributed by atoms with Crippen molar-refractivity contribution in [3.8, 4) is 0 Å². The molecule has 3 N–H and O–H groups in total. The van der Waals surface area contributed by atoms with E-state index in [1.54, 1.807) is 6.20 Å². The number of aromatic nitrogens is 3. The summed E-state index contributed by atoms with van der Waals surface area (Å²) in [6, 6.07) is 2.37. The SMILES string of the molecule is CCCCC(CN)Nc1nccn2nc(C(C)(C)C)cc12. The molecule has 0 amide bonds. The van der Waals surface area contributed by atoms with Crippen molar-refractivity contribution in [2.24, 2.45) is 5.73 Å². The zero-order chi connectivity index (χ0) is 15.5.